The standard InChI is InChI=1S/C20H24N2O3/c1-14(23)22-17-5-3-4-15(12-17)16-6-7-20-18(13-16)19(8-10-25-20)21-9-11-24-2/h3-7,12-13,19,21H,8-11H2,1-2H3,(H,22,23)/t19-/m1/s1. The topological polar surface area (TPSA) is 59.6 Å². The van der Waals surface area contributed by atoms with Crippen LogP contribution < -0.4 is 15.4 Å². The third-order valence-electron chi connectivity index (χ3n) is 4.26. The van der Waals surface area contributed by atoms with Crippen LogP contribution in [-0.4, -0.2) is 32.8 Å². The molecule has 0 spiro atoms. The van der Waals surface area contributed by atoms with Crippen molar-refractivity contribution in [2.45, 2.75) is 19.4 Å². The van der Waals surface area contributed by atoms with Crippen LogP contribution in [0, 0.1) is 0 Å². The number of benzene rings is 2. The molecule has 0 aromatic heterocycles. The van der Waals surface area contributed by atoms with E-state index in [9.17, 15) is 4.79 Å². The third kappa shape index (κ3) is 4.38. The normalized spacial score (nSPS) is 16.0. The number of fused-ring (bicyclic) bond motifs is 1. The lowest BCUT2D eigenvalue weighted by atomic mass is 9.95. The number of rotatable bonds is 6. The lowest BCUT2D eigenvalue weighted by molar-refractivity contribution is -0.114. The molecule has 0 bridgehead atoms. The predicted molar refractivity (Wildman–Crippen MR) is 98.9 cm³/mol. The second kappa shape index (κ2) is 8.14. The van der Waals surface area contributed by atoms with Gasteiger partial charge in [-0.2, -0.15) is 0 Å². The Bertz CT molecular complexity index is 745. The van der Waals surface area contributed by atoms with Gasteiger partial charge >= 0.3 is 0 Å². The maximum Gasteiger partial charge on any atom is 0.221 e. The van der Waals surface area contributed by atoms with E-state index < -0.39 is 0 Å². The molecule has 0 saturated heterocycles. The molecule has 1 aliphatic rings. The Kier molecular flexibility index (Phi) is 5.68. The van der Waals surface area contributed by atoms with Gasteiger partial charge in [0.1, 0.15) is 5.75 Å². The highest BCUT2D eigenvalue weighted by molar-refractivity contribution is 5.89. The molecule has 5 nitrogen and oxygen atoms in total. The number of amides is 1. The van der Waals surface area contributed by atoms with E-state index in [1.807, 2.05) is 30.3 Å². The molecule has 1 atom stereocenters. The van der Waals surface area contributed by atoms with Gasteiger partial charge in [-0.3, -0.25) is 4.79 Å². The van der Waals surface area contributed by atoms with E-state index in [1.165, 1.54) is 12.5 Å². The number of nitrogens with one attached hydrogen (secondary N) is 2. The molecule has 132 valence electrons. The highest BCUT2D eigenvalue weighted by Crippen LogP contribution is 2.35. The van der Waals surface area contributed by atoms with Crippen molar-refractivity contribution in [1.29, 1.82) is 0 Å². The van der Waals surface area contributed by atoms with E-state index >= 15 is 0 Å². The summed E-state index contributed by atoms with van der Waals surface area (Å²) >= 11 is 0. The minimum Gasteiger partial charge on any atom is -0.493 e. The van der Waals surface area contributed by atoms with Crippen molar-refractivity contribution in [3.63, 3.8) is 0 Å². The summed E-state index contributed by atoms with van der Waals surface area (Å²) in [6.07, 6.45) is 0.937. The van der Waals surface area contributed by atoms with Gasteiger partial charge in [-0.25, -0.2) is 0 Å². The zero-order valence-corrected chi connectivity index (χ0v) is 14.7. The number of hydrogen-bond acceptors (Lipinski definition) is 4. The molecule has 1 heterocycles. The Balaban J connectivity index is 1.86. The lowest BCUT2D eigenvalue weighted by Crippen LogP contribution is -2.29. The van der Waals surface area contributed by atoms with Crippen molar-refractivity contribution in [1.82, 2.24) is 5.32 Å². The molecule has 2 N–H and O–H groups in total. The van der Waals surface area contributed by atoms with Crippen molar-refractivity contribution in [2.75, 3.05) is 32.2 Å². The molecule has 0 fully saturated rings. The monoisotopic (exact) mass is 340 g/mol. The summed E-state index contributed by atoms with van der Waals surface area (Å²) in [4.78, 5) is 11.3. The van der Waals surface area contributed by atoms with Crippen LogP contribution in [0.15, 0.2) is 42.5 Å². The summed E-state index contributed by atoms with van der Waals surface area (Å²) in [5.74, 6) is 0.862. The SMILES string of the molecule is COCCN[C@@H]1CCOc2ccc(-c3cccc(NC(C)=O)c3)cc21. The smallest absolute Gasteiger partial charge is 0.221 e. The van der Waals surface area contributed by atoms with Crippen molar-refractivity contribution < 1.29 is 14.3 Å². The van der Waals surface area contributed by atoms with E-state index in [4.69, 9.17) is 9.47 Å². The fraction of sp³-hybridized carbons (Fsp3) is 0.350. The average Bonchev–Trinajstić information content (AvgIpc) is 2.61. The summed E-state index contributed by atoms with van der Waals surface area (Å²) < 4.78 is 10.9. The first-order chi connectivity index (χ1) is 12.2. The first-order valence-electron chi connectivity index (χ1n) is 8.54. The van der Waals surface area contributed by atoms with Crippen molar-refractivity contribution in [3.8, 4) is 16.9 Å². The van der Waals surface area contributed by atoms with Gasteiger partial charge in [0.15, 0.2) is 0 Å². The lowest BCUT2D eigenvalue weighted by Gasteiger charge is -2.27. The molecule has 0 aliphatic carbocycles. The number of hydrogen-bond donors (Lipinski definition) is 2. The minimum atomic E-state index is -0.0709. The van der Waals surface area contributed by atoms with Gasteiger partial charge in [-0.05, 0) is 35.4 Å². The largest absolute Gasteiger partial charge is 0.493 e. The average molecular weight is 340 g/mol. The first-order valence-corrected chi connectivity index (χ1v) is 8.54. The Morgan fingerprint density at radius 3 is 2.88 bits per heavy atom. The molecular formula is C20H24N2O3. The van der Waals surface area contributed by atoms with E-state index in [1.54, 1.807) is 7.11 Å². The molecule has 0 unspecified atom stereocenters. The van der Waals surface area contributed by atoms with Crippen LogP contribution >= 0.6 is 0 Å². The fourth-order valence-electron chi connectivity index (χ4n) is 3.10. The van der Waals surface area contributed by atoms with E-state index in [0.29, 0.717) is 6.61 Å². The van der Waals surface area contributed by atoms with Crippen LogP contribution in [0.25, 0.3) is 11.1 Å². The number of methoxy groups -OCH3 is 1. The van der Waals surface area contributed by atoms with E-state index in [2.05, 4.69) is 22.8 Å². The second-order valence-corrected chi connectivity index (χ2v) is 6.15. The van der Waals surface area contributed by atoms with Gasteiger partial charge in [-0.15, -0.1) is 0 Å². The first kappa shape index (κ1) is 17.5. The van der Waals surface area contributed by atoms with Crippen LogP contribution in [0.3, 0.4) is 0 Å². The Labute approximate surface area is 148 Å². The molecule has 3 rings (SSSR count). The van der Waals surface area contributed by atoms with Gasteiger partial charge in [-0.1, -0.05) is 18.2 Å². The van der Waals surface area contributed by atoms with Gasteiger partial charge in [0, 0.05) is 44.3 Å². The van der Waals surface area contributed by atoms with Gasteiger partial charge in [0.05, 0.1) is 13.2 Å². The molecule has 0 radical (unpaired) electrons. The maximum absolute atomic E-state index is 11.3. The van der Waals surface area contributed by atoms with Crippen LogP contribution in [0.5, 0.6) is 5.75 Å². The number of carbonyl (C=O) groups is 1. The molecular weight excluding hydrogens is 316 g/mol. The summed E-state index contributed by atoms with van der Waals surface area (Å²) in [5.41, 5.74) is 4.14. The molecule has 1 aliphatic heterocycles. The maximum atomic E-state index is 11.3. The Morgan fingerprint density at radius 1 is 1.24 bits per heavy atom. The zero-order chi connectivity index (χ0) is 17.6. The van der Waals surface area contributed by atoms with Crippen molar-refractivity contribution in [3.05, 3.63) is 48.0 Å². The van der Waals surface area contributed by atoms with Gasteiger partial charge in [0.2, 0.25) is 5.91 Å². The number of carbonyl (C=O) groups excluding carboxylic acids is 1. The molecule has 25 heavy (non-hydrogen) atoms. The highest BCUT2D eigenvalue weighted by atomic mass is 16.5. The van der Waals surface area contributed by atoms with E-state index in [0.717, 1.165) is 42.1 Å². The molecule has 2 aromatic carbocycles. The molecule has 1 amide bonds. The molecule has 2 aromatic rings. The van der Waals surface area contributed by atoms with Crippen LogP contribution in [0.2, 0.25) is 0 Å². The summed E-state index contributed by atoms with van der Waals surface area (Å²) in [6, 6.07) is 14.4. The molecule has 0 saturated carbocycles. The van der Waals surface area contributed by atoms with Crippen molar-refractivity contribution in [2.24, 2.45) is 0 Å². The Hall–Kier alpha value is -2.37. The van der Waals surface area contributed by atoms with E-state index in [-0.39, 0.29) is 11.9 Å². The fourth-order valence-corrected chi connectivity index (χ4v) is 3.10. The summed E-state index contributed by atoms with van der Waals surface area (Å²) in [7, 11) is 1.71. The molecule has 5 heteroatoms. The quantitative estimate of drug-likeness (QED) is 0.792. The zero-order valence-electron chi connectivity index (χ0n) is 14.7. The second-order valence-electron chi connectivity index (χ2n) is 6.15. The van der Waals surface area contributed by atoms with Crippen molar-refractivity contribution >= 4 is 11.6 Å². The summed E-state index contributed by atoms with van der Waals surface area (Å²) in [5, 5.41) is 6.36. The minimum absolute atomic E-state index is 0.0709. The number of anilines is 1. The van der Waals surface area contributed by atoms with Crippen LogP contribution in [-0.2, 0) is 9.53 Å². The van der Waals surface area contributed by atoms with Crippen LogP contribution in [0.1, 0.15) is 24.9 Å². The predicted octanol–water partition coefficient (Wildman–Crippen LogP) is 3.37. The number of ether oxygens (including phenoxy) is 2. The van der Waals surface area contributed by atoms with Gasteiger partial charge in [0.25, 0.3) is 0 Å². The highest BCUT2D eigenvalue weighted by Gasteiger charge is 2.21. The third-order valence-corrected chi connectivity index (χ3v) is 4.26. The van der Waals surface area contributed by atoms with Crippen LogP contribution in [0.4, 0.5) is 5.69 Å². The Morgan fingerprint density at radius 2 is 2.08 bits per heavy atom. The summed E-state index contributed by atoms with van der Waals surface area (Å²) in [6.45, 7) is 3.72. The van der Waals surface area contributed by atoms with Gasteiger partial charge < -0.3 is 20.1 Å².